The van der Waals surface area contributed by atoms with E-state index in [4.69, 9.17) is 0 Å². The Bertz CT molecular complexity index is 529. The Kier molecular flexibility index (Phi) is 5.96. The van der Waals surface area contributed by atoms with Crippen LogP contribution in [-0.4, -0.2) is 54.5 Å². The van der Waals surface area contributed by atoms with E-state index < -0.39 is 20.7 Å². The predicted octanol–water partition coefficient (Wildman–Crippen LogP) is 2.23. The van der Waals surface area contributed by atoms with Crippen molar-refractivity contribution in [1.29, 1.82) is 0 Å². The molecule has 1 saturated carbocycles. The summed E-state index contributed by atoms with van der Waals surface area (Å²) < 4.78 is 23.3. The number of aliphatic hydroxyl groups is 1. The molecule has 0 aromatic heterocycles. The van der Waals surface area contributed by atoms with Gasteiger partial charge in [-0.1, -0.05) is 20.8 Å². The van der Waals surface area contributed by atoms with Gasteiger partial charge in [0, 0.05) is 25.3 Å². The van der Waals surface area contributed by atoms with Gasteiger partial charge in [0.1, 0.15) is 0 Å². The molecule has 1 amide bonds. The van der Waals surface area contributed by atoms with Crippen LogP contribution in [-0.2, 0) is 14.6 Å². The van der Waals surface area contributed by atoms with Crippen LogP contribution < -0.4 is 0 Å². The molecular weight excluding hydrogens is 314 g/mol. The second-order valence-corrected chi connectivity index (χ2v) is 11.0. The molecule has 1 rings (SSSR count). The molecule has 1 aliphatic rings. The van der Waals surface area contributed by atoms with Crippen molar-refractivity contribution >= 4 is 15.7 Å². The fraction of sp³-hybridized carbons (Fsp3) is 0.941. The van der Waals surface area contributed by atoms with Crippen LogP contribution in [0, 0.1) is 11.3 Å². The smallest absolute Gasteiger partial charge is 0.225 e. The lowest BCUT2D eigenvalue weighted by Crippen LogP contribution is -2.54. The summed E-state index contributed by atoms with van der Waals surface area (Å²) in [5.74, 6) is -0.257. The molecule has 2 atom stereocenters. The molecule has 0 saturated heterocycles. The van der Waals surface area contributed by atoms with Crippen LogP contribution in [0.5, 0.6) is 0 Å². The largest absolute Gasteiger partial charge is 0.390 e. The van der Waals surface area contributed by atoms with E-state index in [9.17, 15) is 18.3 Å². The van der Waals surface area contributed by atoms with Crippen LogP contribution in [0.1, 0.15) is 60.3 Å². The topological polar surface area (TPSA) is 74.7 Å². The summed E-state index contributed by atoms with van der Waals surface area (Å²) in [5, 5.41) is 9.88. The van der Waals surface area contributed by atoms with Gasteiger partial charge in [0.15, 0.2) is 9.84 Å². The Hall–Kier alpha value is -0.620. The molecular formula is C17H33NO4S. The van der Waals surface area contributed by atoms with Gasteiger partial charge in [-0.2, -0.15) is 0 Å². The summed E-state index contributed by atoms with van der Waals surface area (Å²) >= 11 is 0. The highest BCUT2D eigenvalue weighted by atomic mass is 32.2. The summed E-state index contributed by atoms with van der Waals surface area (Å²) in [6, 6.07) is -0.374. The van der Waals surface area contributed by atoms with Crippen molar-refractivity contribution in [2.45, 2.75) is 77.2 Å². The third kappa shape index (κ3) is 5.45. The Morgan fingerprint density at radius 3 is 2.17 bits per heavy atom. The summed E-state index contributed by atoms with van der Waals surface area (Å²) in [6.45, 7) is 9.80. The van der Waals surface area contributed by atoms with Gasteiger partial charge in [-0.25, -0.2) is 8.42 Å². The number of rotatable bonds is 6. The zero-order valence-electron chi connectivity index (χ0n) is 15.6. The summed E-state index contributed by atoms with van der Waals surface area (Å²) in [6.07, 6.45) is 3.78. The van der Waals surface area contributed by atoms with E-state index in [-0.39, 0.29) is 23.3 Å². The van der Waals surface area contributed by atoms with Crippen molar-refractivity contribution in [3.63, 3.8) is 0 Å². The highest BCUT2D eigenvalue weighted by Gasteiger charge is 2.47. The molecule has 6 heteroatoms. The average molecular weight is 348 g/mol. The minimum Gasteiger partial charge on any atom is -0.390 e. The maximum Gasteiger partial charge on any atom is 0.225 e. The molecule has 0 aromatic carbocycles. The fourth-order valence-electron chi connectivity index (χ4n) is 3.01. The lowest BCUT2D eigenvalue weighted by atomic mass is 9.66. The third-order valence-electron chi connectivity index (χ3n) is 5.26. The molecule has 0 bridgehead atoms. The van der Waals surface area contributed by atoms with Crippen LogP contribution in [0.2, 0.25) is 0 Å². The van der Waals surface area contributed by atoms with E-state index in [0.717, 1.165) is 6.42 Å². The van der Waals surface area contributed by atoms with Crippen molar-refractivity contribution in [3.8, 4) is 0 Å². The van der Waals surface area contributed by atoms with E-state index >= 15 is 0 Å². The maximum atomic E-state index is 12.5. The molecule has 1 N–H and O–H groups in total. The molecule has 0 aliphatic heterocycles. The molecule has 136 valence electrons. The third-order valence-corrected chi connectivity index (χ3v) is 7.00. The number of amides is 1. The van der Waals surface area contributed by atoms with Gasteiger partial charge in [0.05, 0.1) is 10.9 Å². The first-order chi connectivity index (χ1) is 10.2. The first-order valence-electron chi connectivity index (χ1n) is 8.34. The van der Waals surface area contributed by atoms with Gasteiger partial charge in [0.25, 0.3) is 0 Å². The number of hydrogen-bond donors (Lipinski definition) is 1. The highest BCUT2D eigenvalue weighted by Crippen LogP contribution is 2.43. The predicted molar refractivity (Wildman–Crippen MR) is 92.9 cm³/mol. The molecule has 2 unspecified atom stereocenters. The van der Waals surface area contributed by atoms with E-state index in [1.807, 2.05) is 0 Å². The van der Waals surface area contributed by atoms with Crippen molar-refractivity contribution in [3.05, 3.63) is 0 Å². The Labute approximate surface area is 141 Å². The second-order valence-electron chi connectivity index (χ2n) is 8.61. The molecule has 0 aromatic rings. The highest BCUT2D eigenvalue weighted by molar-refractivity contribution is 7.91. The first-order valence-corrected chi connectivity index (χ1v) is 10.3. The van der Waals surface area contributed by atoms with E-state index in [1.54, 1.807) is 20.9 Å². The monoisotopic (exact) mass is 347 g/mol. The molecule has 0 heterocycles. The van der Waals surface area contributed by atoms with Crippen molar-refractivity contribution in [2.75, 3.05) is 13.3 Å². The van der Waals surface area contributed by atoms with Gasteiger partial charge in [-0.3, -0.25) is 4.79 Å². The number of hydrogen-bond acceptors (Lipinski definition) is 4. The number of sulfone groups is 1. The lowest BCUT2D eigenvalue weighted by molar-refractivity contribution is -0.153. The quantitative estimate of drug-likeness (QED) is 0.799. The van der Waals surface area contributed by atoms with E-state index in [0.29, 0.717) is 19.3 Å². The molecule has 1 aliphatic carbocycles. The second kappa shape index (κ2) is 6.71. The number of carbonyl (C=O) groups is 1. The maximum absolute atomic E-state index is 12.5. The zero-order chi connectivity index (χ0) is 18.2. The SMILES string of the molecule is CC(C(C)S(C)(=O)=O)N(C)C(=O)C1CC(O)(CCC(C)(C)C)C1. The minimum atomic E-state index is -3.19. The van der Waals surface area contributed by atoms with Gasteiger partial charge >= 0.3 is 0 Å². The van der Waals surface area contributed by atoms with Crippen molar-refractivity contribution in [2.24, 2.45) is 11.3 Å². The summed E-state index contributed by atoms with van der Waals surface area (Å²) in [4.78, 5) is 14.0. The first kappa shape index (κ1) is 20.4. The Balaban J connectivity index is 2.58. The van der Waals surface area contributed by atoms with E-state index in [1.165, 1.54) is 11.2 Å². The van der Waals surface area contributed by atoms with Gasteiger partial charge in [0.2, 0.25) is 5.91 Å². The van der Waals surface area contributed by atoms with Crippen LogP contribution in [0.25, 0.3) is 0 Å². The van der Waals surface area contributed by atoms with Crippen molar-refractivity contribution < 1.29 is 18.3 Å². The summed E-state index contributed by atoms with van der Waals surface area (Å²) in [5.41, 5.74) is -0.568. The summed E-state index contributed by atoms with van der Waals surface area (Å²) in [7, 11) is -1.53. The standard InChI is InChI=1S/C17H33NO4S/c1-12(13(2)23(7,21)22)18(6)15(19)14-10-17(20,11-14)9-8-16(3,4)5/h12-14,20H,8-11H2,1-7H3. The lowest BCUT2D eigenvalue weighted by Gasteiger charge is -2.46. The van der Waals surface area contributed by atoms with E-state index in [2.05, 4.69) is 20.8 Å². The molecule has 5 nitrogen and oxygen atoms in total. The van der Waals surface area contributed by atoms with Gasteiger partial charge < -0.3 is 10.0 Å². The molecule has 1 fully saturated rings. The average Bonchev–Trinajstić information content (AvgIpc) is 2.36. The van der Waals surface area contributed by atoms with Crippen LogP contribution >= 0.6 is 0 Å². The van der Waals surface area contributed by atoms with Crippen molar-refractivity contribution in [1.82, 2.24) is 4.90 Å². The molecule has 0 spiro atoms. The van der Waals surface area contributed by atoms with Gasteiger partial charge in [-0.05, 0) is 44.9 Å². The van der Waals surface area contributed by atoms with Crippen LogP contribution in [0.4, 0.5) is 0 Å². The van der Waals surface area contributed by atoms with Crippen LogP contribution in [0.3, 0.4) is 0 Å². The Morgan fingerprint density at radius 2 is 1.78 bits per heavy atom. The molecule has 23 heavy (non-hydrogen) atoms. The number of carbonyl (C=O) groups excluding carboxylic acids is 1. The normalized spacial score (nSPS) is 27.9. The minimum absolute atomic E-state index is 0.0616. The number of nitrogens with zero attached hydrogens (tertiary/aromatic N) is 1. The fourth-order valence-corrected chi connectivity index (χ4v) is 3.90. The Morgan fingerprint density at radius 1 is 1.30 bits per heavy atom. The van der Waals surface area contributed by atoms with Crippen LogP contribution in [0.15, 0.2) is 0 Å². The zero-order valence-corrected chi connectivity index (χ0v) is 16.4. The van der Waals surface area contributed by atoms with Gasteiger partial charge in [-0.15, -0.1) is 0 Å². The molecule has 0 radical (unpaired) electrons.